The zero-order valence-electron chi connectivity index (χ0n) is 16.1. The van der Waals surface area contributed by atoms with Gasteiger partial charge in [-0.1, -0.05) is 44.7 Å². The van der Waals surface area contributed by atoms with E-state index < -0.39 is 12.3 Å². The van der Waals surface area contributed by atoms with E-state index in [2.05, 4.69) is 11.7 Å². The molecular formula is C20H27F3O5. The van der Waals surface area contributed by atoms with Crippen LogP contribution in [0.5, 0.6) is 5.75 Å². The number of unbranched alkanes of at least 4 members (excludes halogenated alkanes) is 4. The Morgan fingerprint density at radius 2 is 1.46 bits per heavy atom. The number of ether oxygens (including phenoxy) is 3. The van der Waals surface area contributed by atoms with Crippen LogP contribution >= 0.6 is 0 Å². The molecule has 0 aliphatic carbocycles. The smallest absolute Gasteiger partial charge is 0.466 e. The fraction of sp³-hybridized carbons (Fsp3) is 0.600. The summed E-state index contributed by atoms with van der Waals surface area (Å²) in [6.45, 7) is 2.47. The van der Waals surface area contributed by atoms with E-state index in [4.69, 9.17) is 9.47 Å². The topological polar surface area (TPSA) is 61.8 Å². The molecule has 5 nitrogen and oxygen atoms in total. The highest BCUT2D eigenvalue weighted by atomic mass is 19.4. The van der Waals surface area contributed by atoms with E-state index in [0.717, 1.165) is 37.8 Å². The van der Waals surface area contributed by atoms with Gasteiger partial charge >= 0.3 is 18.3 Å². The van der Waals surface area contributed by atoms with Crippen LogP contribution in [0, 0.1) is 0 Å². The van der Waals surface area contributed by atoms with E-state index in [-0.39, 0.29) is 31.2 Å². The Bertz CT molecular complexity index is 584. The first-order valence-corrected chi connectivity index (χ1v) is 9.46. The highest BCUT2D eigenvalue weighted by molar-refractivity contribution is 5.72. The predicted octanol–water partition coefficient (Wildman–Crippen LogP) is 5.31. The third-order valence-corrected chi connectivity index (χ3v) is 3.83. The molecule has 0 atom stereocenters. The lowest BCUT2D eigenvalue weighted by Crippen LogP contribution is -2.17. The Labute approximate surface area is 163 Å². The van der Waals surface area contributed by atoms with E-state index in [1.54, 1.807) is 0 Å². The highest BCUT2D eigenvalue weighted by Gasteiger charge is 2.30. The molecule has 8 heteroatoms. The first-order chi connectivity index (χ1) is 13.3. The van der Waals surface area contributed by atoms with E-state index in [1.165, 1.54) is 18.6 Å². The van der Waals surface area contributed by atoms with Crippen LogP contribution in [0.1, 0.15) is 63.9 Å². The van der Waals surface area contributed by atoms with E-state index >= 15 is 0 Å². The summed E-state index contributed by atoms with van der Waals surface area (Å²) < 4.78 is 50.1. The number of rotatable bonds is 13. The summed E-state index contributed by atoms with van der Waals surface area (Å²) in [5.74, 6) is -1.15. The number of hydrogen-bond donors (Lipinski definition) is 0. The minimum Gasteiger partial charge on any atom is -0.466 e. The molecule has 0 fully saturated rings. The van der Waals surface area contributed by atoms with Crippen molar-refractivity contribution in [3.8, 4) is 5.75 Å². The van der Waals surface area contributed by atoms with Crippen molar-refractivity contribution in [2.75, 3.05) is 6.61 Å². The van der Waals surface area contributed by atoms with Crippen LogP contribution < -0.4 is 4.74 Å². The standard InChI is InChI=1S/C20H27F3O5/c1-2-3-4-5-6-14-26-18(24)8-7-9-19(25)27-15-16-10-12-17(13-11-16)28-20(21,22)23/h10-13H,2-9,14-15H2,1H3. The summed E-state index contributed by atoms with van der Waals surface area (Å²) in [6.07, 6.45) is 1.16. The Kier molecular flexibility index (Phi) is 11.1. The maximum atomic E-state index is 12.1. The second kappa shape index (κ2) is 13.0. The minimum atomic E-state index is -4.75. The van der Waals surface area contributed by atoms with Crippen LogP contribution in [0.4, 0.5) is 13.2 Å². The van der Waals surface area contributed by atoms with E-state index in [9.17, 15) is 22.8 Å². The third kappa shape index (κ3) is 12.2. The van der Waals surface area contributed by atoms with Crippen molar-refractivity contribution in [1.82, 2.24) is 0 Å². The highest BCUT2D eigenvalue weighted by Crippen LogP contribution is 2.22. The average molecular weight is 404 g/mol. The molecule has 0 heterocycles. The zero-order chi connectivity index (χ0) is 20.8. The van der Waals surface area contributed by atoms with Crippen LogP contribution in [0.15, 0.2) is 24.3 Å². The normalized spacial score (nSPS) is 11.1. The summed E-state index contributed by atoms with van der Waals surface area (Å²) in [7, 11) is 0. The second-order valence-electron chi connectivity index (χ2n) is 6.34. The number of esters is 2. The molecular weight excluding hydrogens is 377 g/mol. The van der Waals surface area contributed by atoms with Crippen molar-refractivity contribution in [3.05, 3.63) is 29.8 Å². The molecule has 158 valence electrons. The molecule has 0 N–H and O–H groups in total. The lowest BCUT2D eigenvalue weighted by molar-refractivity contribution is -0.274. The molecule has 0 aromatic heterocycles. The van der Waals surface area contributed by atoms with Crippen molar-refractivity contribution in [2.24, 2.45) is 0 Å². The number of halogens is 3. The van der Waals surface area contributed by atoms with Gasteiger partial charge in [-0.3, -0.25) is 9.59 Å². The molecule has 0 bridgehead atoms. The molecule has 0 radical (unpaired) electrons. The number of benzene rings is 1. The number of alkyl halides is 3. The van der Waals surface area contributed by atoms with Gasteiger partial charge in [0.1, 0.15) is 12.4 Å². The molecule has 1 rings (SSSR count). The average Bonchev–Trinajstić information content (AvgIpc) is 2.63. The SMILES string of the molecule is CCCCCCCOC(=O)CCCC(=O)OCc1ccc(OC(F)(F)F)cc1. The molecule has 28 heavy (non-hydrogen) atoms. The minimum absolute atomic E-state index is 0.0622. The maximum Gasteiger partial charge on any atom is 0.573 e. The zero-order valence-corrected chi connectivity index (χ0v) is 16.1. The van der Waals surface area contributed by atoms with Crippen molar-refractivity contribution in [1.29, 1.82) is 0 Å². The van der Waals surface area contributed by atoms with Gasteiger partial charge in [0.15, 0.2) is 0 Å². The number of hydrogen-bond acceptors (Lipinski definition) is 5. The second-order valence-corrected chi connectivity index (χ2v) is 6.34. The van der Waals surface area contributed by atoms with Crippen molar-refractivity contribution < 1.29 is 37.0 Å². The predicted molar refractivity (Wildman–Crippen MR) is 96.5 cm³/mol. The maximum absolute atomic E-state index is 12.1. The van der Waals surface area contributed by atoms with Crippen molar-refractivity contribution >= 4 is 11.9 Å². The fourth-order valence-corrected chi connectivity index (χ4v) is 2.36. The van der Waals surface area contributed by atoms with Gasteiger partial charge in [-0.2, -0.15) is 0 Å². The molecule has 0 unspecified atom stereocenters. The van der Waals surface area contributed by atoms with Gasteiger partial charge in [0, 0.05) is 12.8 Å². The van der Waals surface area contributed by atoms with Crippen molar-refractivity contribution in [3.63, 3.8) is 0 Å². The van der Waals surface area contributed by atoms with Gasteiger partial charge in [-0.25, -0.2) is 0 Å². The summed E-state index contributed by atoms with van der Waals surface area (Å²) in [6, 6.07) is 5.06. The van der Waals surface area contributed by atoms with Crippen LogP contribution in [0.2, 0.25) is 0 Å². The van der Waals surface area contributed by atoms with E-state index in [0.29, 0.717) is 18.6 Å². The van der Waals surface area contributed by atoms with Gasteiger partial charge in [0.25, 0.3) is 0 Å². The van der Waals surface area contributed by atoms with Gasteiger partial charge in [0.05, 0.1) is 6.61 Å². The van der Waals surface area contributed by atoms with Crippen LogP contribution in [-0.4, -0.2) is 24.9 Å². The number of carbonyl (C=O) groups excluding carboxylic acids is 2. The molecule has 0 saturated carbocycles. The Balaban J connectivity index is 2.12. The van der Waals surface area contributed by atoms with Gasteiger partial charge in [0.2, 0.25) is 0 Å². The van der Waals surface area contributed by atoms with Crippen LogP contribution in [0.25, 0.3) is 0 Å². The van der Waals surface area contributed by atoms with Crippen molar-refractivity contribution in [2.45, 2.75) is 71.3 Å². The molecule has 0 amide bonds. The van der Waals surface area contributed by atoms with Crippen LogP contribution in [-0.2, 0) is 25.7 Å². The lowest BCUT2D eigenvalue weighted by Gasteiger charge is -2.09. The molecule has 0 spiro atoms. The molecule has 0 aliphatic rings. The first kappa shape index (κ1) is 23.8. The number of carbonyl (C=O) groups is 2. The largest absolute Gasteiger partial charge is 0.573 e. The summed E-state index contributed by atoms with van der Waals surface area (Å²) in [5, 5.41) is 0. The first-order valence-electron chi connectivity index (χ1n) is 9.46. The lowest BCUT2D eigenvalue weighted by atomic mass is 10.2. The molecule has 1 aromatic carbocycles. The third-order valence-electron chi connectivity index (χ3n) is 3.83. The summed E-state index contributed by atoms with van der Waals surface area (Å²) >= 11 is 0. The van der Waals surface area contributed by atoms with Gasteiger partial charge in [-0.05, 0) is 30.5 Å². The van der Waals surface area contributed by atoms with Gasteiger partial charge in [-0.15, -0.1) is 13.2 Å². The van der Waals surface area contributed by atoms with Gasteiger partial charge < -0.3 is 14.2 Å². The summed E-state index contributed by atoms with van der Waals surface area (Å²) in [5.41, 5.74) is 0.533. The Morgan fingerprint density at radius 1 is 0.857 bits per heavy atom. The quantitative estimate of drug-likeness (QED) is 0.329. The molecule has 0 aliphatic heterocycles. The Hall–Kier alpha value is -2.25. The monoisotopic (exact) mass is 404 g/mol. The van der Waals surface area contributed by atoms with E-state index in [1.807, 2.05) is 0 Å². The molecule has 1 aromatic rings. The summed E-state index contributed by atoms with van der Waals surface area (Å²) in [4.78, 5) is 23.2. The molecule has 0 saturated heterocycles. The van der Waals surface area contributed by atoms with Crippen LogP contribution in [0.3, 0.4) is 0 Å². The fourth-order valence-electron chi connectivity index (χ4n) is 2.36. The Morgan fingerprint density at radius 3 is 2.07 bits per heavy atom.